The fourth-order valence-electron chi connectivity index (χ4n) is 3.11. The largest absolute Gasteiger partial charge is 0.497 e. The lowest BCUT2D eigenvalue weighted by Gasteiger charge is -2.16. The Labute approximate surface area is 162 Å². The van der Waals surface area contributed by atoms with E-state index in [0.29, 0.717) is 0 Å². The Bertz CT molecular complexity index is 870. The second kappa shape index (κ2) is 8.74. The van der Waals surface area contributed by atoms with Gasteiger partial charge in [-0.1, -0.05) is 48.0 Å². The van der Waals surface area contributed by atoms with E-state index in [1.165, 1.54) is 16.7 Å². The summed E-state index contributed by atoms with van der Waals surface area (Å²) >= 11 is 0. The zero-order valence-corrected chi connectivity index (χ0v) is 16.5. The van der Waals surface area contributed by atoms with E-state index in [9.17, 15) is 0 Å². The highest BCUT2D eigenvalue weighted by Gasteiger charge is 2.09. The zero-order valence-electron chi connectivity index (χ0n) is 16.5. The van der Waals surface area contributed by atoms with E-state index < -0.39 is 0 Å². The summed E-state index contributed by atoms with van der Waals surface area (Å²) in [6.45, 7) is 5.10. The van der Waals surface area contributed by atoms with Crippen molar-refractivity contribution < 1.29 is 9.47 Å². The number of rotatable bonds is 7. The van der Waals surface area contributed by atoms with E-state index >= 15 is 0 Å². The van der Waals surface area contributed by atoms with Gasteiger partial charge in [0.25, 0.3) is 0 Å². The topological polar surface area (TPSA) is 30.5 Å². The van der Waals surface area contributed by atoms with Crippen molar-refractivity contribution in [3.05, 3.63) is 83.4 Å². The van der Waals surface area contributed by atoms with Gasteiger partial charge in [0.05, 0.1) is 14.2 Å². The Kier molecular flexibility index (Phi) is 6.15. The minimum atomic E-state index is 0.289. The maximum Gasteiger partial charge on any atom is 0.126 e. The molecule has 0 unspecified atom stereocenters. The lowest BCUT2D eigenvalue weighted by Crippen LogP contribution is -2.18. The fourth-order valence-corrected chi connectivity index (χ4v) is 3.11. The van der Waals surface area contributed by atoms with Crippen molar-refractivity contribution in [2.45, 2.75) is 26.4 Å². The lowest BCUT2D eigenvalue weighted by molar-refractivity contribution is 0.414. The Hall–Kier alpha value is -2.78. The first-order valence-electron chi connectivity index (χ1n) is 9.22. The molecule has 0 heterocycles. The first-order valence-corrected chi connectivity index (χ1v) is 9.22. The van der Waals surface area contributed by atoms with Crippen LogP contribution in [0.5, 0.6) is 11.5 Å². The molecule has 0 saturated heterocycles. The molecular formula is C24H27NO2. The normalized spacial score (nSPS) is 11.9. The van der Waals surface area contributed by atoms with E-state index in [2.05, 4.69) is 67.7 Å². The van der Waals surface area contributed by atoms with Gasteiger partial charge in [-0.15, -0.1) is 0 Å². The molecule has 0 bridgehead atoms. The predicted octanol–water partition coefficient (Wildman–Crippen LogP) is 5.53. The van der Waals surface area contributed by atoms with E-state index in [0.717, 1.165) is 29.2 Å². The molecule has 0 spiro atoms. The van der Waals surface area contributed by atoms with Crippen LogP contribution in [-0.4, -0.2) is 14.2 Å². The van der Waals surface area contributed by atoms with Crippen molar-refractivity contribution in [3.63, 3.8) is 0 Å². The number of ether oxygens (including phenoxy) is 2. The molecule has 0 aliphatic rings. The summed E-state index contributed by atoms with van der Waals surface area (Å²) in [5, 5.41) is 3.61. The summed E-state index contributed by atoms with van der Waals surface area (Å²) in [4.78, 5) is 0. The Balaban J connectivity index is 1.77. The van der Waals surface area contributed by atoms with Gasteiger partial charge in [0.15, 0.2) is 0 Å². The highest BCUT2D eigenvalue weighted by atomic mass is 16.5. The molecule has 0 aromatic heterocycles. The number of hydrogen-bond acceptors (Lipinski definition) is 3. The zero-order chi connectivity index (χ0) is 19.2. The monoisotopic (exact) mass is 361 g/mol. The number of hydrogen-bond donors (Lipinski definition) is 1. The molecular weight excluding hydrogens is 334 g/mol. The highest BCUT2D eigenvalue weighted by Crippen LogP contribution is 2.32. The fraction of sp³-hybridized carbons (Fsp3) is 0.250. The average Bonchev–Trinajstić information content (AvgIpc) is 2.72. The summed E-state index contributed by atoms with van der Waals surface area (Å²) in [5.74, 6) is 1.72. The third-order valence-electron chi connectivity index (χ3n) is 4.85. The molecule has 0 aliphatic heterocycles. The minimum absolute atomic E-state index is 0.289. The van der Waals surface area contributed by atoms with Crippen LogP contribution in [0, 0.1) is 6.92 Å². The molecule has 0 saturated carbocycles. The predicted molar refractivity (Wildman–Crippen MR) is 111 cm³/mol. The van der Waals surface area contributed by atoms with Crippen LogP contribution in [0.1, 0.15) is 29.7 Å². The molecule has 0 radical (unpaired) electrons. The molecule has 3 nitrogen and oxygen atoms in total. The van der Waals surface area contributed by atoms with Gasteiger partial charge in [-0.25, -0.2) is 0 Å². The first-order chi connectivity index (χ1) is 13.1. The second-order valence-corrected chi connectivity index (χ2v) is 6.78. The molecule has 0 amide bonds. The van der Waals surface area contributed by atoms with E-state index in [4.69, 9.17) is 9.47 Å². The number of nitrogens with one attached hydrogen (secondary N) is 1. The summed E-state index contributed by atoms with van der Waals surface area (Å²) in [5.41, 5.74) is 6.00. The molecule has 0 aliphatic carbocycles. The molecule has 0 fully saturated rings. The van der Waals surface area contributed by atoms with Crippen LogP contribution < -0.4 is 14.8 Å². The first kappa shape index (κ1) is 19.0. The van der Waals surface area contributed by atoms with Gasteiger partial charge in [0.1, 0.15) is 11.5 Å². The van der Waals surface area contributed by atoms with Crippen molar-refractivity contribution in [1.29, 1.82) is 0 Å². The summed E-state index contributed by atoms with van der Waals surface area (Å²) in [7, 11) is 3.39. The molecule has 3 heteroatoms. The standard InChI is InChI=1S/C24H27NO2/c1-17-5-8-20(9-6-17)18(2)25-16-19-7-14-24(27-4)23(15-19)21-10-12-22(26-3)13-11-21/h5-15,18,25H,16H2,1-4H3/t18-/m1/s1. The number of aryl methyl sites for hydroxylation is 1. The van der Waals surface area contributed by atoms with Crippen molar-refractivity contribution in [2.24, 2.45) is 0 Å². The van der Waals surface area contributed by atoms with Gasteiger partial charge < -0.3 is 14.8 Å². The van der Waals surface area contributed by atoms with Crippen LogP contribution >= 0.6 is 0 Å². The van der Waals surface area contributed by atoms with Crippen LogP contribution in [0.15, 0.2) is 66.7 Å². The lowest BCUT2D eigenvalue weighted by atomic mass is 10.0. The van der Waals surface area contributed by atoms with Gasteiger partial charge in [0.2, 0.25) is 0 Å². The third-order valence-corrected chi connectivity index (χ3v) is 4.85. The highest BCUT2D eigenvalue weighted by molar-refractivity contribution is 5.71. The number of benzene rings is 3. The van der Waals surface area contributed by atoms with Crippen LogP contribution in [0.2, 0.25) is 0 Å². The SMILES string of the molecule is COc1ccc(-c2cc(CN[C@H](C)c3ccc(C)cc3)ccc2OC)cc1. The van der Waals surface area contributed by atoms with Crippen LogP contribution in [0.4, 0.5) is 0 Å². The van der Waals surface area contributed by atoms with E-state index in [-0.39, 0.29) is 6.04 Å². The van der Waals surface area contributed by atoms with E-state index in [1.807, 2.05) is 18.2 Å². The molecule has 1 N–H and O–H groups in total. The van der Waals surface area contributed by atoms with Crippen LogP contribution in [0.3, 0.4) is 0 Å². The quantitative estimate of drug-likeness (QED) is 0.600. The molecule has 1 atom stereocenters. The Morgan fingerprint density at radius 3 is 2.19 bits per heavy atom. The number of methoxy groups -OCH3 is 2. The molecule has 3 rings (SSSR count). The second-order valence-electron chi connectivity index (χ2n) is 6.78. The Morgan fingerprint density at radius 1 is 0.852 bits per heavy atom. The van der Waals surface area contributed by atoms with Gasteiger partial charge in [-0.3, -0.25) is 0 Å². The minimum Gasteiger partial charge on any atom is -0.497 e. The maximum absolute atomic E-state index is 5.57. The van der Waals surface area contributed by atoms with Crippen LogP contribution in [-0.2, 0) is 6.54 Å². The maximum atomic E-state index is 5.57. The molecule has 27 heavy (non-hydrogen) atoms. The van der Waals surface area contributed by atoms with Crippen molar-refractivity contribution in [1.82, 2.24) is 5.32 Å². The molecule has 140 valence electrons. The Morgan fingerprint density at radius 2 is 1.56 bits per heavy atom. The van der Waals surface area contributed by atoms with Gasteiger partial charge in [0, 0.05) is 18.2 Å². The van der Waals surface area contributed by atoms with Gasteiger partial charge in [-0.2, -0.15) is 0 Å². The molecule has 3 aromatic carbocycles. The van der Waals surface area contributed by atoms with Crippen molar-refractivity contribution in [3.8, 4) is 22.6 Å². The van der Waals surface area contributed by atoms with Crippen LogP contribution in [0.25, 0.3) is 11.1 Å². The van der Waals surface area contributed by atoms with Crippen molar-refractivity contribution >= 4 is 0 Å². The summed E-state index contributed by atoms with van der Waals surface area (Å²) in [6, 6.07) is 23.4. The molecule has 3 aromatic rings. The third kappa shape index (κ3) is 4.69. The summed E-state index contributed by atoms with van der Waals surface area (Å²) in [6.07, 6.45) is 0. The summed E-state index contributed by atoms with van der Waals surface area (Å²) < 4.78 is 10.8. The average molecular weight is 361 g/mol. The smallest absolute Gasteiger partial charge is 0.126 e. The van der Waals surface area contributed by atoms with E-state index in [1.54, 1.807) is 14.2 Å². The van der Waals surface area contributed by atoms with Gasteiger partial charge >= 0.3 is 0 Å². The van der Waals surface area contributed by atoms with Crippen molar-refractivity contribution in [2.75, 3.05) is 14.2 Å². The van der Waals surface area contributed by atoms with Gasteiger partial charge in [-0.05, 0) is 54.8 Å².